The van der Waals surface area contributed by atoms with Gasteiger partial charge in [-0.1, -0.05) is 0 Å². The molecule has 0 radical (unpaired) electrons. The van der Waals surface area contributed by atoms with E-state index in [1.807, 2.05) is 6.92 Å². The highest BCUT2D eigenvalue weighted by molar-refractivity contribution is 5.91. The Morgan fingerprint density at radius 3 is 2.50 bits per heavy atom. The SMILES string of the molecule is CCOC(=N)c1ccc(OCF)cc1. The predicted molar refractivity (Wildman–Crippen MR) is 51.5 cm³/mol. The van der Waals surface area contributed by atoms with Crippen LogP contribution >= 0.6 is 0 Å². The van der Waals surface area contributed by atoms with Gasteiger partial charge in [0.1, 0.15) is 5.75 Å². The zero-order chi connectivity index (χ0) is 10.4. The molecule has 4 heteroatoms. The van der Waals surface area contributed by atoms with Crippen LogP contribution < -0.4 is 4.74 Å². The third-order valence-corrected chi connectivity index (χ3v) is 1.63. The highest BCUT2D eigenvalue weighted by atomic mass is 19.1. The lowest BCUT2D eigenvalue weighted by Gasteiger charge is -2.05. The topological polar surface area (TPSA) is 42.3 Å². The molecule has 1 aromatic carbocycles. The van der Waals surface area contributed by atoms with E-state index in [-0.39, 0.29) is 5.90 Å². The lowest BCUT2D eigenvalue weighted by atomic mass is 10.2. The summed E-state index contributed by atoms with van der Waals surface area (Å²) in [6, 6.07) is 6.51. The van der Waals surface area contributed by atoms with E-state index in [9.17, 15) is 4.39 Å². The summed E-state index contributed by atoms with van der Waals surface area (Å²) >= 11 is 0. The van der Waals surface area contributed by atoms with Crippen molar-refractivity contribution in [1.82, 2.24) is 0 Å². The fourth-order valence-electron chi connectivity index (χ4n) is 0.993. The molecule has 0 heterocycles. The lowest BCUT2D eigenvalue weighted by Crippen LogP contribution is -2.04. The van der Waals surface area contributed by atoms with Crippen molar-refractivity contribution >= 4 is 5.90 Å². The maximum absolute atomic E-state index is 11.8. The van der Waals surface area contributed by atoms with Gasteiger partial charge >= 0.3 is 0 Å². The Labute approximate surface area is 82.0 Å². The van der Waals surface area contributed by atoms with Crippen molar-refractivity contribution in [3.05, 3.63) is 29.8 Å². The Hall–Kier alpha value is -1.58. The minimum absolute atomic E-state index is 0.110. The number of halogens is 1. The van der Waals surface area contributed by atoms with Crippen LogP contribution in [0.3, 0.4) is 0 Å². The summed E-state index contributed by atoms with van der Waals surface area (Å²) in [4.78, 5) is 0. The van der Waals surface area contributed by atoms with Gasteiger partial charge in [0.05, 0.1) is 6.61 Å². The highest BCUT2D eigenvalue weighted by Gasteiger charge is 2.01. The fourth-order valence-corrected chi connectivity index (χ4v) is 0.993. The number of alkyl halides is 1. The molecule has 1 aromatic rings. The average Bonchev–Trinajstić information content (AvgIpc) is 2.20. The van der Waals surface area contributed by atoms with E-state index in [4.69, 9.17) is 10.1 Å². The van der Waals surface area contributed by atoms with Crippen molar-refractivity contribution in [1.29, 1.82) is 5.41 Å². The van der Waals surface area contributed by atoms with E-state index < -0.39 is 6.86 Å². The molecule has 76 valence electrons. The molecule has 0 atom stereocenters. The normalized spacial score (nSPS) is 9.57. The van der Waals surface area contributed by atoms with Crippen molar-refractivity contribution in [3.63, 3.8) is 0 Å². The highest BCUT2D eigenvalue weighted by Crippen LogP contribution is 2.12. The van der Waals surface area contributed by atoms with E-state index in [1.165, 1.54) is 0 Å². The van der Waals surface area contributed by atoms with Gasteiger partial charge in [-0.05, 0) is 31.2 Å². The second-order valence-electron chi connectivity index (χ2n) is 2.54. The zero-order valence-corrected chi connectivity index (χ0v) is 7.92. The molecule has 14 heavy (non-hydrogen) atoms. The number of benzene rings is 1. The summed E-state index contributed by atoms with van der Waals surface area (Å²) in [5.41, 5.74) is 0.651. The molecule has 0 bridgehead atoms. The van der Waals surface area contributed by atoms with E-state index in [0.717, 1.165) is 0 Å². The van der Waals surface area contributed by atoms with E-state index >= 15 is 0 Å². The lowest BCUT2D eigenvalue weighted by molar-refractivity contribution is 0.192. The van der Waals surface area contributed by atoms with Gasteiger partial charge in [0.25, 0.3) is 0 Å². The van der Waals surface area contributed by atoms with Crippen molar-refractivity contribution in [3.8, 4) is 5.75 Å². The molecule has 0 saturated heterocycles. The Balaban J connectivity index is 2.67. The van der Waals surface area contributed by atoms with Crippen molar-refractivity contribution in [2.45, 2.75) is 6.92 Å². The maximum Gasteiger partial charge on any atom is 0.228 e. The Kier molecular flexibility index (Phi) is 3.91. The monoisotopic (exact) mass is 197 g/mol. The van der Waals surface area contributed by atoms with Crippen LogP contribution in [0, 0.1) is 5.41 Å². The minimum atomic E-state index is -0.845. The van der Waals surface area contributed by atoms with Gasteiger partial charge in [0, 0.05) is 5.56 Å². The van der Waals surface area contributed by atoms with Gasteiger partial charge in [0.2, 0.25) is 12.8 Å². The van der Waals surface area contributed by atoms with Crippen LogP contribution in [0.4, 0.5) is 4.39 Å². The average molecular weight is 197 g/mol. The van der Waals surface area contributed by atoms with E-state index in [2.05, 4.69) is 4.74 Å². The number of ether oxygens (including phenoxy) is 2. The molecule has 0 aliphatic rings. The molecule has 0 saturated carbocycles. The minimum Gasteiger partial charge on any atom is -0.478 e. The molecular weight excluding hydrogens is 185 g/mol. The number of hydrogen-bond acceptors (Lipinski definition) is 3. The molecular formula is C10H12FNO2. The standard InChI is InChI=1S/C10H12FNO2/c1-2-13-10(12)8-3-5-9(6-4-8)14-7-11/h3-6,12H,2,7H2,1H3. The quantitative estimate of drug-likeness (QED) is 0.594. The number of rotatable bonds is 4. The largest absolute Gasteiger partial charge is 0.478 e. The van der Waals surface area contributed by atoms with E-state index in [0.29, 0.717) is 17.9 Å². The van der Waals surface area contributed by atoms with Crippen LogP contribution in [0.25, 0.3) is 0 Å². The molecule has 0 unspecified atom stereocenters. The van der Waals surface area contributed by atoms with Gasteiger partial charge in [-0.3, -0.25) is 5.41 Å². The molecule has 0 aliphatic carbocycles. The van der Waals surface area contributed by atoms with Crippen molar-refractivity contribution in [2.75, 3.05) is 13.5 Å². The predicted octanol–water partition coefficient (Wildman–Crippen LogP) is 2.35. The maximum atomic E-state index is 11.8. The summed E-state index contributed by atoms with van der Waals surface area (Å²) in [5.74, 6) is 0.555. The molecule has 0 aliphatic heterocycles. The second-order valence-corrected chi connectivity index (χ2v) is 2.54. The van der Waals surface area contributed by atoms with Crippen LogP contribution in [-0.2, 0) is 4.74 Å². The fraction of sp³-hybridized carbons (Fsp3) is 0.300. The summed E-state index contributed by atoms with van der Waals surface area (Å²) in [5, 5.41) is 7.46. The van der Waals surface area contributed by atoms with Crippen LogP contribution in [0.2, 0.25) is 0 Å². The van der Waals surface area contributed by atoms with Crippen LogP contribution in [0.15, 0.2) is 24.3 Å². The summed E-state index contributed by atoms with van der Waals surface area (Å²) < 4.78 is 21.4. The first-order chi connectivity index (χ1) is 6.77. The molecule has 1 rings (SSSR count). The first-order valence-corrected chi connectivity index (χ1v) is 4.28. The van der Waals surface area contributed by atoms with E-state index in [1.54, 1.807) is 24.3 Å². The van der Waals surface area contributed by atoms with Crippen LogP contribution in [-0.4, -0.2) is 19.4 Å². The molecule has 1 N–H and O–H groups in total. The van der Waals surface area contributed by atoms with Gasteiger partial charge in [0.15, 0.2) is 0 Å². The van der Waals surface area contributed by atoms with Gasteiger partial charge < -0.3 is 9.47 Å². The van der Waals surface area contributed by atoms with Crippen molar-refractivity contribution in [2.24, 2.45) is 0 Å². The van der Waals surface area contributed by atoms with Crippen molar-refractivity contribution < 1.29 is 13.9 Å². The van der Waals surface area contributed by atoms with Crippen LogP contribution in [0.1, 0.15) is 12.5 Å². The molecule has 0 aromatic heterocycles. The summed E-state index contributed by atoms with van der Waals surface area (Å²) in [7, 11) is 0. The van der Waals surface area contributed by atoms with Gasteiger partial charge in [-0.25, -0.2) is 4.39 Å². The zero-order valence-electron chi connectivity index (χ0n) is 7.92. The summed E-state index contributed by atoms with van der Waals surface area (Å²) in [6.07, 6.45) is 0. The Morgan fingerprint density at radius 2 is 2.00 bits per heavy atom. The second kappa shape index (κ2) is 5.21. The third-order valence-electron chi connectivity index (χ3n) is 1.63. The first-order valence-electron chi connectivity index (χ1n) is 4.28. The van der Waals surface area contributed by atoms with Gasteiger partial charge in [-0.15, -0.1) is 0 Å². The first kappa shape index (κ1) is 10.5. The Morgan fingerprint density at radius 1 is 1.36 bits per heavy atom. The number of nitrogens with one attached hydrogen (secondary N) is 1. The molecule has 0 amide bonds. The smallest absolute Gasteiger partial charge is 0.228 e. The summed E-state index contributed by atoms with van der Waals surface area (Å²) in [6.45, 7) is 1.43. The number of hydrogen-bond donors (Lipinski definition) is 1. The van der Waals surface area contributed by atoms with Gasteiger partial charge in [-0.2, -0.15) is 0 Å². The third kappa shape index (κ3) is 2.73. The molecule has 0 spiro atoms. The molecule has 3 nitrogen and oxygen atoms in total. The van der Waals surface area contributed by atoms with Crippen LogP contribution in [0.5, 0.6) is 5.75 Å². The Bertz CT molecular complexity index is 297. The molecule has 0 fully saturated rings.